The molecule has 0 aliphatic rings. The van der Waals surface area contributed by atoms with Gasteiger partial charge in [-0.3, -0.25) is 4.46 Å². The fourth-order valence-electron chi connectivity index (χ4n) is 0.277. The molecule has 0 atom stereocenters. The Morgan fingerprint density at radius 2 is 1.56 bits per heavy atom. The molecular formula is C4H10NaO3Si+. The molecule has 0 N–H and O–H groups in total. The zero-order valence-electron chi connectivity index (χ0n) is 6.14. The van der Waals surface area contributed by atoms with Gasteiger partial charge in [-0.1, -0.05) is 0 Å². The molecule has 3 nitrogen and oxygen atoms in total. The maximum absolute atomic E-state index is 10.4. The maximum Gasteiger partial charge on any atom is 1.00 e. The normalized spacial score (nSPS) is 7.33. The Labute approximate surface area is 78.9 Å². The predicted octanol–water partition coefficient (Wildman–Crippen LogP) is -2.52. The summed E-state index contributed by atoms with van der Waals surface area (Å²) in [5, 5.41) is 0. The van der Waals surface area contributed by atoms with E-state index in [0.29, 0.717) is 13.2 Å². The quantitative estimate of drug-likeness (QED) is 0.422. The van der Waals surface area contributed by atoms with Crippen LogP contribution in [0.15, 0.2) is 0 Å². The van der Waals surface area contributed by atoms with E-state index in [2.05, 4.69) is 8.85 Å². The van der Waals surface area contributed by atoms with Gasteiger partial charge in [0, 0.05) is 0 Å². The maximum atomic E-state index is 10.4. The van der Waals surface area contributed by atoms with Gasteiger partial charge in [0.1, 0.15) is 0 Å². The topological polar surface area (TPSA) is 35.5 Å². The van der Waals surface area contributed by atoms with Crippen molar-refractivity contribution in [3.63, 3.8) is 0 Å². The molecule has 0 heterocycles. The Hall–Kier alpha value is 0.617. The van der Waals surface area contributed by atoms with Gasteiger partial charge in [0.05, 0.1) is 13.2 Å². The fraction of sp³-hybridized carbons (Fsp3) is 1.00. The summed E-state index contributed by atoms with van der Waals surface area (Å²) in [7, 11) is -2.14. The molecule has 48 valence electrons. The third-order valence-electron chi connectivity index (χ3n) is 0.524. The smallest absolute Gasteiger partial charge is 0.496 e. The summed E-state index contributed by atoms with van der Waals surface area (Å²) >= 11 is 0. The summed E-state index contributed by atoms with van der Waals surface area (Å²) in [6, 6.07) is 0. The summed E-state index contributed by atoms with van der Waals surface area (Å²) in [6.07, 6.45) is 0. The SMILES string of the molecule is CCO[Si](=O)OCC.[Na+]. The molecule has 0 spiro atoms. The van der Waals surface area contributed by atoms with Crippen molar-refractivity contribution in [2.24, 2.45) is 0 Å². The van der Waals surface area contributed by atoms with Crippen LogP contribution >= 0.6 is 0 Å². The molecule has 0 aromatic rings. The third-order valence-corrected chi connectivity index (χ3v) is 1.57. The largest absolute Gasteiger partial charge is 1.00 e. The van der Waals surface area contributed by atoms with Crippen molar-refractivity contribution in [3.05, 3.63) is 0 Å². The van der Waals surface area contributed by atoms with Crippen LogP contribution in [0.4, 0.5) is 0 Å². The molecule has 0 rings (SSSR count). The van der Waals surface area contributed by atoms with Gasteiger partial charge >= 0.3 is 38.7 Å². The van der Waals surface area contributed by atoms with Gasteiger partial charge in [-0.2, -0.15) is 0 Å². The minimum absolute atomic E-state index is 0. The Balaban J connectivity index is 0. The molecule has 0 aliphatic heterocycles. The van der Waals surface area contributed by atoms with Crippen LogP contribution in [0.5, 0.6) is 0 Å². The van der Waals surface area contributed by atoms with E-state index in [1.54, 1.807) is 13.8 Å². The fourth-order valence-corrected chi connectivity index (χ4v) is 0.832. The van der Waals surface area contributed by atoms with Crippen LogP contribution in [0.3, 0.4) is 0 Å². The number of hydrogen-bond acceptors (Lipinski definition) is 3. The van der Waals surface area contributed by atoms with Crippen LogP contribution in [0, 0.1) is 0 Å². The Morgan fingerprint density at radius 3 is 1.78 bits per heavy atom. The standard InChI is InChI=1S/C4H10O3Si.Na/c1-3-6-8(5)7-4-2;/h3-4H2,1-2H3;/q;+1. The van der Waals surface area contributed by atoms with E-state index in [-0.39, 0.29) is 29.6 Å². The first kappa shape index (κ1) is 12.3. The monoisotopic (exact) mass is 157 g/mol. The molecule has 0 aromatic heterocycles. The van der Waals surface area contributed by atoms with E-state index in [9.17, 15) is 4.46 Å². The molecule has 0 bridgehead atoms. The second kappa shape index (κ2) is 8.62. The number of hydrogen-bond donors (Lipinski definition) is 0. The van der Waals surface area contributed by atoms with Crippen LogP contribution in [-0.2, 0) is 13.3 Å². The van der Waals surface area contributed by atoms with Crippen LogP contribution in [-0.4, -0.2) is 22.4 Å². The molecule has 5 heteroatoms. The van der Waals surface area contributed by atoms with Gasteiger partial charge in [0.25, 0.3) is 0 Å². The zero-order chi connectivity index (χ0) is 6.41. The first-order chi connectivity index (χ1) is 3.81. The van der Waals surface area contributed by atoms with E-state index in [1.807, 2.05) is 0 Å². The van der Waals surface area contributed by atoms with Crippen molar-refractivity contribution < 1.29 is 42.9 Å². The summed E-state index contributed by atoms with van der Waals surface area (Å²) in [5.74, 6) is 0. The van der Waals surface area contributed by atoms with Crippen LogP contribution in [0.25, 0.3) is 0 Å². The van der Waals surface area contributed by atoms with E-state index < -0.39 is 9.17 Å². The van der Waals surface area contributed by atoms with E-state index >= 15 is 0 Å². The second-order valence-corrected chi connectivity index (χ2v) is 2.19. The molecule has 0 aromatic carbocycles. The molecule has 0 radical (unpaired) electrons. The van der Waals surface area contributed by atoms with Gasteiger partial charge in [0.15, 0.2) is 0 Å². The van der Waals surface area contributed by atoms with Crippen molar-refractivity contribution >= 4 is 9.17 Å². The van der Waals surface area contributed by atoms with Gasteiger partial charge in [-0.15, -0.1) is 0 Å². The first-order valence-electron chi connectivity index (χ1n) is 2.60. The third kappa shape index (κ3) is 8.62. The molecule has 9 heavy (non-hydrogen) atoms. The van der Waals surface area contributed by atoms with Crippen molar-refractivity contribution in [1.82, 2.24) is 0 Å². The zero-order valence-corrected chi connectivity index (χ0v) is 9.14. The van der Waals surface area contributed by atoms with E-state index in [4.69, 9.17) is 0 Å². The average Bonchev–Trinajstić information content (AvgIpc) is 1.68. The van der Waals surface area contributed by atoms with Crippen molar-refractivity contribution in [2.45, 2.75) is 13.8 Å². The minimum Gasteiger partial charge on any atom is -0.496 e. The van der Waals surface area contributed by atoms with Crippen molar-refractivity contribution in [1.29, 1.82) is 0 Å². The average molecular weight is 157 g/mol. The predicted molar refractivity (Wildman–Crippen MR) is 29.7 cm³/mol. The Bertz CT molecular complexity index is 70.2. The van der Waals surface area contributed by atoms with E-state index in [1.165, 1.54) is 0 Å². The molecule has 0 amide bonds. The molecule has 0 aliphatic carbocycles. The number of rotatable bonds is 4. The van der Waals surface area contributed by atoms with Crippen molar-refractivity contribution in [3.8, 4) is 0 Å². The molecular weight excluding hydrogens is 147 g/mol. The Morgan fingerprint density at radius 1 is 1.22 bits per heavy atom. The van der Waals surface area contributed by atoms with Crippen LogP contribution in [0.1, 0.15) is 13.8 Å². The molecule has 0 fully saturated rings. The van der Waals surface area contributed by atoms with E-state index in [0.717, 1.165) is 0 Å². The minimum atomic E-state index is -2.14. The Kier molecular flexibility index (Phi) is 11.8. The van der Waals surface area contributed by atoms with Crippen LogP contribution < -0.4 is 29.6 Å². The second-order valence-electron chi connectivity index (χ2n) is 1.12. The van der Waals surface area contributed by atoms with Gasteiger partial charge in [-0.05, 0) is 13.8 Å². The molecule has 0 saturated heterocycles. The van der Waals surface area contributed by atoms with Crippen molar-refractivity contribution in [2.75, 3.05) is 13.2 Å². The summed E-state index contributed by atoms with van der Waals surface area (Å²) in [6.45, 7) is 4.47. The van der Waals surface area contributed by atoms with Crippen LogP contribution in [0.2, 0.25) is 0 Å². The summed E-state index contributed by atoms with van der Waals surface area (Å²) < 4.78 is 19.6. The summed E-state index contributed by atoms with van der Waals surface area (Å²) in [4.78, 5) is 0. The van der Waals surface area contributed by atoms with Gasteiger partial charge in [-0.25, -0.2) is 0 Å². The first-order valence-corrected chi connectivity index (χ1v) is 3.83. The molecule has 0 saturated carbocycles. The van der Waals surface area contributed by atoms with Gasteiger partial charge < -0.3 is 8.85 Å². The summed E-state index contributed by atoms with van der Waals surface area (Å²) in [5.41, 5.74) is 0. The van der Waals surface area contributed by atoms with Gasteiger partial charge in [0.2, 0.25) is 0 Å². The molecule has 0 unspecified atom stereocenters.